The van der Waals surface area contributed by atoms with E-state index >= 15 is 0 Å². The Morgan fingerprint density at radius 2 is 1.66 bits per heavy atom. The van der Waals surface area contributed by atoms with Gasteiger partial charge in [0, 0.05) is 18.7 Å². The Hall–Kier alpha value is -2.76. The molecule has 0 aromatic heterocycles. The van der Waals surface area contributed by atoms with Gasteiger partial charge in [-0.05, 0) is 67.1 Å². The number of likely N-dealkylation sites (tertiary alicyclic amines) is 1. The van der Waals surface area contributed by atoms with Crippen LogP contribution in [0.4, 0.5) is 0 Å². The molecule has 1 fully saturated rings. The highest BCUT2D eigenvalue weighted by Crippen LogP contribution is 2.26. The summed E-state index contributed by atoms with van der Waals surface area (Å²) in [6.07, 6.45) is 0.868. The molecule has 32 heavy (non-hydrogen) atoms. The van der Waals surface area contributed by atoms with Crippen LogP contribution in [0.3, 0.4) is 0 Å². The van der Waals surface area contributed by atoms with Crippen molar-refractivity contribution in [3.8, 4) is 11.1 Å². The van der Waals surface area contributed by atoms with Gasteiger partial charge < -0.3 is 0 Å². The van der Waals surface area contributed by atoms with Gasteiger partial charge in [-0.2, -0.15) is 0 Å². The first-order chi connectivity index (χ1) is 15.3. The second-order valence-corrected chi connectivity index (χ2v) is 10.8. The number of carbonyl (C=O) groups is 1. The third kappa shape index (κ3) is 5.17. The molecule has 0 spiro atoms. The van der Waals surface area contributed by atoms with E-state index in [4.69, 9.17) is 0 Å². The van der Waals surface area contributed by atoms with Gasteiger partial charge in [0.2, 0.25) is 0 Å². The molecule has 1 atom stereocenters. The molecule has 4 rings (SSSR count). The molecule has 0 bridgehead atoms. The lowest BCUT2D eigenvalue weighted by atomic mass is 10.0. The number of ketones is 1. The van der Waals surface area contributed by atoms with Gasteiger partial charge in [0.05, 0.1) is 10.6 Å². The number of Topliss-reactive ketones (excluding diaryl/α,β-unsaturated/α-hetero) is 1. The lowest BCUT2D eigenvalue weighted by Gasteiger charge is -2.17. The quantitative estimate of drug-likeness (QED) is 0.470. The van der Waals surface area contributed by atoms with E-state index in [9.17, 15) is 13.2 Å². The van der Waals surface area contributed by atoms with E-state index in [1.165, 1.54) is 29.7 Å². The molecule has 1 aliphatic rings. The highest BCUT2D eigenvalue weighted by Gasteiger charge is 2.28. The Morgan fingerprint density at radius 1 is 0.969 bits per heavy atom. The second kappa shape index (κ2) is 9.39. The zero-order valence-electron chi connectivity index (χ0n) is 18.6. The van der Waals surface area contributed by atoms with Gasteiger partial charge in [-0.3, -0.25) is 9.69 Å². The SMILES string of the molecule is CC(=O)c1cc(S(=O)(=O)C[C@@H]2CCN(Cc3ccc(-c4ccccc4)cc3)C2)ccc1C. The smallest absolute Gasteiger partial charge is 0.178 e. The predicted octanol–water partition coefficient (Wildman–Crippen LogP) is 5.16. The molecule has 166 valence electrons. The van der Waals surface area contributed by atoms with Crippen molar-refractivity contribution in [3.05, 3.63) is 89.5 Å². The van der Waals surface area contributed by atoms with Gasteiger partial charge in [0.1, 0.15) is 0 Å². The van der Waals surface area contributed by atoms with Crippen LogP contribution in [-0.2, 0) is 16.4 Å². The number of carbonyl (C=O) groups excluding carboxylic acids is 1. The van der Waals surface area contributed by atoms with Crippen LogP contribution in [0.25, 0.3) is 11.1 Å². The minimum absolute atomic E-state index is 0.102. The first-order valence-electron chi connectivity index (χ1n) is 11.0. The zero-order valence-corrected chi connectivity index (χ0v) is 19.4. The van der Waals surface area contributed by atoms with Gasteiger partial charge in [0.25, 0.3) is 0 Å². The second-order valence-electron chi connectivity index (χ2n) is 8.77. The Morgan fingerprint density at radius 3 is 2.34 bits per heavy atom. The van der Waals surface area contributed by atoms with Gasteiger partial charge in [-0.15, -0.1) is 0 Å². The Bertz CT molecular complexity index is 1200. The summed E-state index contributed by atoms with van der Waals surface area (Å²) in [4.78, 5) is 14.4. The summed E-state index contributed by atoms with van der Waals surface area (Å²) < 4.78 is 26.0. The van der Waals surface area contributed by atoms with Gasteiger partial charge in [-0.25, -0.2) is 8.42 Å². The topological polar surface area (TPSA) is 54.5 Å². The van der Waals surface area contributed by atoms with E-state index < -0.39 is 9.84 Å². The summed E-state index contributed by atoms with van der Waals surface area (Å²) >= 11 is 0. The van der Waals surface area contributed by atoms with Crippen molar-refractivity contribution in [2.45, 2.75) is 31.7 Å². The van der Waals surface area contributed by atoms with E-state index in [1.807, 2.05) is 25.1 Å². The van der Waals surface area contributed by atoms with Crippen molar-refractivity contribution in [1.29, 1.82) is 0 Å². The van der Waals surface area contributed by atoms with E-state index in [0.29, 0.717) is 5.56 Å². The van der Waals surface area contributed by atoms with E-state index in [1.54, 1.807) is 12.1 Å². The monoisotopic (exact) mass is 447 g/mol. The Balaban J connectivity index is 1.37. The molecule has 5 heteroatoms. The van der Waals surface area contributed by atoms with Crippen molar-refractivity contribution in [1.82, 2.24) is 4.90 Å². The third-order valence-corrected chi connectivity index (χ3v) is 8.12. The number of hydrogen-bond donors (Lipinski definition) is 0. The van der Waals surface area contributed by atoms with Crippen LogP contribution in [0.5, 0.6) is 0 Å². The zero-order chi connectivity index (χ0) is 22.7. The minimum atomic E-state index is -3.43. The first-order valence-corrected chi connectivity index (χ1v) is 12.7. The molecule has 0 N–H and O–H groups in total. The molecule has 3 aromatic carbocycles. The van der Waals surface area contributed by atoms with Crippen LogP contribution in [0.2, 0.25) is 0 Å². The molecule has 0 aliphatic carbocycles. The summed E-state index contributed by atoms with van der Waals surface area (Å²) in [6, 6.07) is 23.8. The van der Waals surface area contributed by atoms with Crippen molar-refractivity contribution < 1.29 is 13.2 Å². The molecule has 1 heterocycles. The van der Waals surface area contributed by atoms with Gasteiger partial charge >= 0.3 is 0 Å². The Kier molecular flexibility index (Phi) is 6.58. The largest absolute Gasteiger partial charge is 0.299 e. The maximum atomic E-state index is 13.0. The fourth-order valence-electron chi connectivity index (χ4n) is 4.46. The number of hydrogen-bond acceptors (Lipinski definition) is 4. The molecule has 0 saturated carbocycles. The van der Waals surface area contributed by atoms with Crippen LogP contribution in [0.1, 0.15) is 34.8 Å². The van der Waals surface area contributed by atoms with Gasteiger partial charge in [0.15, 0.2) is 15.6 Å². The lowest BCUT2D eigenvalue weighted by molar-refractivity contribution is 0.101. The molecular weight excluding hydrogens is 418 g/mol. The lowest BCUT2D eigenvalue weighted by Crippen LogP contribution is -2.23. The summed E-state index contributed by atoms with van der Waals surface area (Å²) in [5.74, 6) is 0.118. The van der Waals surface area contributed by atoms with Crippen LogP contribution >= 0.6 is 0 Å². The minimum Gasteiger partial charge on any atom is -0.299 e. The molecule has 3 aromatic rings. The molecular formula is C27H29NO3S. The number of rotatable bonds is 7. The standard InChI is InChI=1S/C27H29NO3S/c1-20-8-13-26(16-27(20)21(2)29)32(30,31)19-23-14-15-28(18-23)17-22-9-11-25(12-10-22)24-6-4-3-5-7-24/h3-13,16,23H,14-15,17-19H2,1-2H3/t23-/m1/s1. The average molecular weight is 448 g/mol. The predicted molar refractivity (Wildman–Crippen MR) is 128 cm³/mol. The molecule has 1 aliphatic heterocycles. The van der Waals surface area contributed by atoms with E-state index in [2.05, 4.69) is 41.3 Å². The van der Waals surface area contributed by atoms with Crippen molar-refractivity contribution in [2.75, 3.05) is 18.8 Å². The first kappa shape index (κ1) is 22.4. The van der Waals surface area contributed by atoms with E-state index in [-0.39, 0.29) is 22.3 Å². The summed E-state index contributed by atoms with van der Waals surface area (Å²) in [7, 11) is -3.43. The van der Waals surface area contributed by atoms with E-state index in [0.717, 1.165) is 31.6 Å². The number of nitrogens with zero attached hydrogens (tertiary/aromatic N) is 1. The molecule has 0 amide bonds. The number of aryl methyl sites for hydroxylation is 1. The van der Waals surface area contributed by atoms with Crippen LogP contribution in [-0.4, -0.2) is 37.9 Å². The molecule has 0 unspecified atom stereocenters. The molecule has 1 saturated heterocycles. The molecule has 0 radical (unpaired) electrons. The highest BCUT2D eigenvalue weighted by molar-refractivity contribution is 7.91. The Labute approximate surface area is 190 Å². The number of benzene rings is 3. The fraction of sp³-hybridized carbons (Fsp3) is 0.296. The average Bonchev–Trinajstić information content (AvgIpc) is 3.20. The van der Waals surface area contributed by atoms with Crippen LogP contribution in [0.15, 0.2) is 77.7 Å². The maximum Gasteiger partial charge on any atom is 0.178 e. The molecule has 4 nitrogen and oxygen atoms in total. The van der Waals surface area contributed by atoms with Crippen molar-refractivity contribution >= 4 is 15.6 Å². The van der Waals surface area contributed by atoms with Crippen molar-refractivity contribution in [3.63, 3.8) is 0 Å². The summed E-state index contributed by atoms with van der Waals surface area (Å²) in [5, 5.41) is 0. The third-order valence-electron chi connectivity index (χ3n) is 6.24. The fourth-order valence-corrected chi connectivity index (χ4v) is 6.12. The van der Waals surface area contributed by atoms with Crippen LogP contribution in [0, 0.1) is 12.8 Å². The highest BCUT2D eigenvalue weighted by atomic mass is 32.2. The van der Waals surface area contributed by atoms with Gasteiger partial charge in [-0.1, -0.05) is 60.7 Å². The summed E-state index contributed by atoms with van der Waals surface area (Å²) in [6.45, 7) is 5.79. The normalized spacial score (nSPS) is 16.9. The maximum absolute atomic E-state index is 13.0. The number of sulfone groups is 1. The van der Waals surface area contributed by atoms with Crippen molar-refractivity contribution in [2.24, 2.45) is 5.92 Å². The summed E-state index contributed by atoms with van der Waals surface area (Å²) in [5.41, 5.74) is 4.93. The van der Waals surface area contributed by atoms with Crippen LogP contribution < -0.4 is 0 Å².